The van der Waals surface area contributed by atoms with E-state index in [0.29, 0.717) is 6.54 Å². The third-order valence-corrected chi connectivity index (χ3v) is 2.86. The van der Waals surface area contributed by atoms with Crippen LogP contribution in [0.3, 0.4) is 0 Å². The topological polar surface area (TPSA) is 53.8 Å². The number of fused-ring (bicyclic) bond motifs is 1. The van der Waals surface area contributed by atoms with E-state index in [-0.39, 0.29) is 5.41 Å². The third-order valence-electron chi connectivity index (χ3n) is 2.86. The number of hydrogen-bond donors (Lipinski definition) is 3. The average molecular weight is 193 g/mol. The van der Waals surface area contributed by atoms with E-state index < -0.39 is 0 Å². The third kappa shape index (κ3) is 1.37. The number of nitrogens with one attached hydrogen (secondary N) is 2. The second-order valence-electron chi connectivity index (χ2n) is 4.99. The van der Waals surface area contributed by atoms with Crippen LogP contribution in [0.2, 0.25) is 0 Å². The van der Waals surface area contributed by atoms with Crippen molar-refractivity contribution in [1.29, 1.82) is 0 Å². The minimum absolute atomic E-state index is 0.166. The van der Waals surface area contributed by atoms with Gasteiger partial charge in [-0.25, -0.2) is 0 Å². The van der Waals surface area contributed by atoms with Gasteiger partial charge in [-0.1, -0.05) is 20.8 Å². The van der Waals surface area contributed by atoms with Crippen LogP contribution in [0.25, 0.3) is 0 Å². The van der Waals surface area contributed by atoms with Crippen molar-refractivity contribution in [3.05, 3.63) is 22.5 Å². The molecule has 0 spiro atoms. The van der Waals surface area contributed by atoms with Crippen LogP contribution in [0, 0.1) is 0 Å². The molecule has 1 aromatic rings. The minimum Gasteiger partial charge on any atom is -0.360 e. The molecule has 1 aliphatic rings. The summed E-state index contributed by atoms with van der Waals surface area (Å²) in [5, 5.41) is 3.33. The molecular weight excluding hydrogens is 174 g/mol. The predicted molar refractivity (Wildman–Crippen MR) is 57.9 cm³/mol. The quantitative estimate of drug-likeness (QED) is 0.631. The summed E-state index contributed by atoms with van der Waals surface area (Å²) in [5.74, 6) is 0. The molecular formula is C11H19N3. The summed E-state index contributed by atoms with van der Waals surface area (Å²) in [6.45, 7) is 9.23. The van der Waals surface area contributed by atoms with E-state index in [1.54, 1.807) is 0 Å². The van der Waals surface area contributed by atoms with Crippen molar-refractivity contribution in [2.45, 2.75) is 45.8 Å². The Bertz CT molecular complexity index is 344. The molecule has 0 aliphatic carbocycles. The number of hydrogen-bond acceptors (Lipinski definition) is 2. The fourth-order valence-corrected chi connectivity index (χ4v) is 2.18. The van der Waals surface area contributed by atoms with Gasteiger partial charge in [0.2, 0.25) is 0 Å². The molecule has 0 saturated heterocycles. The number of rotatable bonds is 1. The zero-order valence-corrected chi connectivity index (χ0v) is 9.20. The Kier molecular flexibility index (Phi) is 2.16. The van der Waals surface area contributed by atoms with E-state index in [1.165, 1.54) is 22.5 Å². The van der Waals surface area contributed by atoms with E-state index in [0.717, 1.165) is 13.1 Å². The molecule has 4 N–H and O–H groups in total. The Balaban J connectivity index is 2.52. The van der Waals surface area contributed by atoms with Gasteiger partial charge in [0.05, 0.1) is 0 Å². The maximum atomic E-state index is 5.82. The van der Waals surface area contributed by atoms with Crippen LogP contribution in [-0.2, 0) is 25.0 Å². The van der Waals surface area contributed by atoms with Crippen LogP contribution >= 0.6 is 0 Å². The molecule has 0 atom stereocenters. The van der Waals surface area contributed by atoms with Gasteiger partial charge in [0.25, 0.3) is 0 Å². The Morgan fingerprint density at radius 2 is 2.00 bits per heavy atom. The van der Waals surface area contributed by atoms with Crippen LogP contribution < -0.4 is 11.1 Å². The monoisotopic (exact) mass is 193 g/mol. The van der Waals surface area contributed by atoms with E-state index in [2.05, 4.69) is 31.1 Å². The van der Waals surface area contributed by atoms with E-state index >= 15 is 0 Å². The van der Waals surface area contributed by atoms with Gasteiger partial charge < -0.3 is 16.0 Å². The van der Waals surface area contributed by atoms with Crippen molar-refractivity contribution in [3.63, 3.8) is 0 Å². The van der Waals surface area contributed by atoms with E-state index in [9.17, 15) is 0 Å². The van der Waals surface area contributed by atoms with Crippen molar-refractivity contribution in [1.82, 2.24) is 10.3 Å². The van der Waals surface area contributed by atoms with Crippen molar-refractivity contribution < 1.29 is 0 Å². The number of aromatic nitrogens is 1. The molecule has 0 saturated carbocycles. The van der Waals surface area contributed by atoms with Crippen LogP contribution in [-0.4, -0.2) is 4.98 Å². The lowest BCUT2D eigenvalue weighted by Gasteiger charge is -2.19. The lowest BCUT2D eigenvalue weighted by molar-refractivity contribution is 0.560. The summed E-state index contributed by atoms with van der Waals surface area (Å²) in [6, 6.07) is 0. The normalized spacial score (nSPS) is 16.0. The average Bonchev–Trinajstić information content (AvgIpc) is 2.58. The summed E-state index contributed by atoms with van der Waals surface area (Å²) < 4.78 is 0. The summed E-state index contributed by atoms with van der Waals surface area (Å²) in [7, 11) is 0. The molecule has 0 unspecified atom stereocenters. The maximum Gasteiger partial charge on any atom is 0.0363 e. The lowest BCUT2D eigenvalue weighted by Crippen LogP contribution is -2.17. The number of nitrogens with two attached hydrogens (primary N) is 1. The van der Waals surface area contributed by atoms with Crippen LogP contribution in [0.5, 0.6) is 0 Å². The Morgan fingerprint density at radius 1 is 1.29 bits per heavy atom. The molecule has 0 radical (unpaired) electrons. The molecule has 0 bridgehead atoms. The van der Waals surface area contributed by atoms with Gasteiger partial charge in [-0.15, -0.1) is 0 Å². The lowest BCUT2D eigenvalue weighted by atomic mass is 9.88. The molecule has 0 aromatic carbocycles. The molecule has 78 valence electrons. The van der Waals surface area contributed by atoms with Crippen LogP contribution in [0.1, 0.15) is 43.3 Å². The highest BCUT2D eigenvalue weighted by Crippen LogP contribution is 2.31. The van der Waals surface area contributed by atoms with Crippen molar-refractivity contribution in [3.8, 4) is 0 Å². The Labute approximate surface area is 85.1 Å². The molecule has 1 aliphatic heterocycles. The first-order valence-corrected chi connectivity index (χ1v) is 5.18. The van der Waals surface area contributed by atoms with Gasteiger partial charge in [0.1, 0.15) is 0 Å². The summed E-state index contributed by atoms with van der Waals surface area (Å²) in [4.78, 5) is 3.51. The van der Waals surface area contributed by atoms with Gasteiger partial charge in [-0.2, -0.15) is 0 Å². The smallest absolute Gasteiger partial charge is 0.0363 e. The predicted octanol–water partition coefficient (Wildman–Crippen LogP) is 1.37. The van der Waals surface area contributed by atoms with Crippen molar-refractivity contribution in [2.75, 3.05) is 0 Å². The van der Waals surface area contributed by atoms with Gasteiger partial charge in [-0.3, -0.25) is 0 Å². The summed E-state index contributed by atoms with van der Waals surface area (Å²) >= 11 is 0. The molecule has 3 nitrogen and oxygen atoms in total. The second kappa shape index (κ2) is 3.11. The molecule has 14 heavy (non-hydrogen) atoms. The number of H-pyrrole nitrogens is 1. The largest absolute Gasteiger partial charge is 0.360 e. The van der Waals surface area contributed by atoms with Gasteiger partial charge in [-0.05, 0) is 11.1 Å². The van der Waals surface area contributed by atoms with Gasteiger partial charge in [0, 0.05) is 36.4 Å². The molecule has 3 heteroatoms. The highest BCUT2D eigenvalue weighted by atomic mass is 15.0. The summed E-state index contributed by atoms with van der Waals surface area (Å²) in [6.07, 6.45) is 0. The van der Waals surface area contributed by atoms with Crippen molar-refractivity contribution >= 4 is 0 Å². The summed E-state index contributed by atoms with van der Waals surface area (Å²) in [5.41, 5.74) is 11.3. The standard InChI is InChI=1S/C11H19N3/c1-11(2,3)10-7(4-12)8-5-13-6-9(8)14-10/h13-14H,4-6,12H2,1-3H3. The maximum absolute atomic E-state index is 5.82. The second-order valence-corrected chi connectivity index (χ2v) is 4.99. The van der Waals surface area contributed by atoms with E-state index in [4.69, 9.17) is 5.73 Å². The SMILES string of the molecule is CC(C)(C)c1[nH]c2c(c1CN)CNC2. The fraction of sp³-hybridized carbons (Fsp3) is 0.636. The van der Waals surface area contributed by atoms with Crippen LogP contribution in [0.15, 0.2) is 0 Å². The van der Waals surface area contributed by atoms with Gasteiger partial charge >= 0.3 is 0 Å². The molecule has 0 amide bonds. The minimum atomic E-state index is 0.166. The zero-order valence-electron chi connectivity index (χ0n) is 9.20. The first-order valence-electron chi connectivity index (χ1n) is 5.18. The van der Waals surface area contributed by atoms with Crippen LogP contribution in [0.4, 0.5) is 0 Å². The Hall–Kier alpha value is -0.800. The first kappa shape index (κ1) is 9.74. The van der Waals surface area contributed by atoms with Gasteiger partial charge in [0.15, 0.2) is 0 Å². The highest BCUT2D eigenvalue weighted by Gasteiger charge is 2.26. The van der Waals surface area contributed by atoms with Crippen molar-refractivity contribution in [2.24, 2.45) is 5.73 Å². The van der Waals surface area contributed by atoms with E-state index in [1.807, 2.05) is 0 Å². The molecule has 0 fully saturated rings. The highest BCUT2D eigenvalue weighted by molar-refractivity contribution is 5.42. The zero-order chi connectivity index (χ0) is 10.3. The fourth-order valence-electron chi connectivity index (χ4n) is 2.18. The molecule has 2 rings (SSSR count). The Morgan fingerprint density at radius 3 is 2.57 bits per heavy atom. The molecule has 1 aromatic heterocycles. The molecule has 2 heterocycles. The number of aromatic amines is 1. The first-order chi connectivity index (χ1) is 6.54.